The van der Waals surface area contributed by atoms with E-state index in [4.69, 9.17) is 0 Å². The van der Waals surface area contributed by atoms with E-state index in [-0.39, 0.29) is 17.9 Å². The van der Waals surface area contributed by atoms with Crippen molar-refractivity contribution in [1.29, 1.82) is 0 Å². The Morgan fingerprint density at radius 2 is 1.90 bits per heavy atom. The van der Waals surface area contributed by atoms with Gasteiger partial charge >= 0.3 is 0 Å². The monoisotopic (exact) mass is 404 g/mol. The summed E-state index contributed by atoms with van der Waals surface area (Å²) in [4.78, 5) is 36.1. The summed E-state index contributed by atoms with van der Waals surface area (Å²) in [6.45, 7) is 2.12. The summed E-state index contributed by atoms with van der Waals surface area (Å²) in [6, 6.07) is 15.4. The van der Waals surface area contributed by atoms with Gasteiger partial charge in [-0.3, -0.25) is 9.59 Å². The van der Waals surface area contributed by atoms with Crippen molar-refractivity contribution in [1.82, 2.24) is 15.0 Å². The number of aromatic nitrogens is 3. The highest BCUT2D eigenvalue weighted by Crippen LogP contribution is 2.25. The number of anilines is 1. The van der Waals surface area contributed by atoms with Crippen LogP contribution in [0.25, 0.3) is 22.2 Å². The maximum atomic E-state index is 12.3. The van der Waals surface area contributed by atoms with Crippen LogP contribution >= 0.6 is 11.3 Å². The van der Waals surface area contributed by atoms with Crippen LogP contribution in [0, 0.1) is 0 Å². The molecule has 4 aromatic rings. The predicted molar refractivity (Wildman–Crippen MR) is 116 cm³/mol. The van der Waals surface area contributed by atoms with Crippen LogP contribution in [0.15, 0.2) is 58.7 Å². The van der Waals surface area contributed by atoms with Crippen molar-refractivity contribution < 1.29 is 4.79 Å². The summed E-state index contributed by atoms with van der Waals surface area (Å²) < 4.78 is 0. The van der Waals surface area contributed by atoms with E-state index in [1.165, 1.54) is 16.9 Å². The van der Waals surface area contributed by atoms with Crippen molar-refractivity contribution >= 4 is 33.3 Å². The van der Waals surface area contributed by atoms with Gasteiger partial charge in [0.05, 0.1) is 16.6 Å². The normalized spacial score (nSPS) is 10.9. The minimum atomic E-state index is -0.190. The van der Waals surface area contributed by atoms with Gasteiger partial charge in [-0.15, -0.1) is 11.3 Å². The number of carbonyl (C=O) groups excluding carboxylic acids is 1. The minimum absolute atomic E-state index is 0.164. The number of benzene rings is 2. The highest BCUT2D eigenvalue weighted by molar-refractivity contribution is 7.14. The lowest BCUT2D eigenvalue weighted by Gasteiger charge is -2.04. The number of aromatic amines is 1. The summed E-state index contributed by atoms with van der Waals surface area (Å²) in [5.41, 5.74) is 3.58. The second-order valence-electron chi connectivity index (χ2n) is 6.67. The molecule has 2 aromatic heterocycles. The fourth-order valence-corrected chi connectivity index (χ4v) is 3.78. The molecule has 1 amide bonds. The second kappa shape index (κ2) is 8.36. The van der Waals surface area contributed by atoms with E-state index in [2.05, 4.69) is 39.3 Å². The number of hydrogen-bond acceptors (Lipinski definition) is 5. The lowest BCUT2D eigenvalue weighted by atomic mass is 10.1. The molecule has 0 atom stereocenters. The molecule has 0 aliphatic rings. The Kier molecular flexibility index (Phi) is 5.48. The molecule has 29 heavy (non-hydrogen) atoms. The maximum Gasteiger partial charge on any atom is 0.258 e. The molecule has 2 heterocycles. The van der Waals surface area contributed by atoms with Crippen molar-refractivity contribution in [3.63, 3.8) is 0 Å². The molecule has 0 fully saturated rings. The van der Waals surface area contributed by atoms with E-state index in [1.54, 1.807) is 18.2 Å². The number of nitrogens with zero attached hydrogens (tertiary/aromatic N) is 2. The number of aryl methyl sites for hydroxylation is 2. The Balaban J connectivity index is 1.39. The van der Waals surface area contributed by atoms with Crippen LogP contribution < -0.4 is 10.9 Å². The van der Waals surface area contributed by atoms with Gasteiger partial charge in [0.1, 0.15) is 5.82 Å². The average Bonchev–Trinajstić information content (AvgIpc) is 3.21. The molecule has 2 N–H and O–H groups in total. The molecule has 6 nitrogen and oxygen atoms in total. The highest BCUT2D eigenvalue weighted by atomic mass is 32.1. The smallest absolute Gasteiger partial charge is 0.258 e. The number of para-hydroxylation sites is 1. The van der Waals surface area contributed by atoms with E-state index in [0.29, 0.717) is 28.3 Å². The van der Waals surface area contributed by atoms with Gasteiger partial charge in [0, 0.05) is 23.8 Å². The topological polar surface area (TPSA) is 87.7 Å². The molecule has 2 aromatic carbocycles. The van der Waals surface area contributed by atoms with Gasteiger partial charge in [0.2, 0.25) is 5.91 Å². The first kappa shape index (κ1) is 19.0. The van der Waals surface area contributed by atoms with Crippen LogP contribution in [0.2, 0.25) is 0 Å². The molecule has 0 bridgehead atoms. The van der Waals surface area contributed by atoms with Gasteiger partial charge in [-0.2, -0.15) is 0 Å². The third-order valence-corrected chi connectivity index (χ3v) is 5.42. The van der Waals surface area contributed by atoms with E-state index in [0.717, 1.165) is 17.7 Å². The lowest BCUT2D eigenvalue weighted by Crippen LogP contribution is -2.16. The fourth-order valence-electron chi connectivity index (χ4n) is 3.04. The summed E-state index contributed by atoms with van der Waals surface area (Å²) in [5.74, 6) is 0.336. The Bertz CT molecular complexity index is 1210. The first-order valence-corrected chi connectivity index (χ1v) is 10.3. The first-order valence-electron chi connectivity index (χ1n) is 9.45. The zero-order chi connectivity index (χ0) is 20.2. The van der Waals surface area contributed by atoms with Crippen LogP contribution in [0.5, 0.6) is 0 Å². The molecule has 146 valence electrons. The SMILES string of the molecule is CCc1ccc(-c2csc(NC(=O)CCc3nc4ccccc4c(=O)[nH]3)n2)cc1. The number of carbonyl (C=O) groups is 1. The highest BCUT2D eigenvalue weighted by Gasteiger charge is 2.10. The molecule has 0 aliphatic heterocycles. The summed E-state index contributed by atoms with van der Waals surface area (Å²) in [6.07, 6.45) is 1.56. The Hall–Kier alpha value is -3.32. The third kappa shape index (κ3) is 4.41. The van der Waals surface area contributed by atoms with Gasteiger partial charge in [-0.25, -0.2) is 9.97 Å². The summed E-state index contributed by atoms with van der Waals surface area (Å²) in [7, 11) is 0. The summed E-state index contributed by atoms with van der Waals surface area (Å²) >= 11 is 1.39. The van der Waals surface area contributed by atoms with Gasteiger partial charge in [0.15, 0.2) is 5.13 Å². The minimum Gasteiger partial charge on any atom is -0.310 e. The quantitative estimate of drug-likeness (QED) is 0.505. The lowest BCUT2D eigenvalue weighted by molar-refractivity contribution is -0.116. The van der Waals surface area contributed by atoms with Crippen LogP contribution in [-0.2, 0) is 17.6 Å². The van der Waals surface area contributed by atoms with Crippen molar-refractivity contribution in [2.75, 3.05) is 5.32 Å². The van der Waals surface area contributed by atoms with Crippen molar-refractivity contribution in [3.8, 4) is 11.3 Å². The Morgan fingerprint density at radius 1 is 1.10 bits per heavy atom. The van der Waals surface area contributed by atoms with E-state index < -0.39 is 0 Å². The fraction of sp³-hybridized carbons (Fsp3) is 0.182. The molecule has 0 unspecified atom stereocenters. The van der Waals surface area contributed by atoms with Crippen LogP contribution in [-0.4, -0.2) is 20.9 Å². The van der Waals surface area contributed by atoms with Gasteiger partial charge in [-0.05, 0) is 24.1 Å². The molecule has 7 heteroatoms. The first-order chi connectivity index (χ1) is 14.1. The zero-order valence-electron chi connectivity index (χ0n) is 15.9. The third-order valence-electron chi connectivity index (χ3n) is 4.66. The van der Waals surface area contributed by atoms with Gasteiger partial charge in [-0.1, -0.05) is 43.3 Å². The number of nitrogens with one attached hydrogen (secondary N) is 2. The van der Waals surface area contributed by atoms with Crippen LogP contribution in [0.3, 0.4) is 0 Å². The molecule has 0 aliphatic carbocycles. The van der Waals surface area contributed by atoms with Crippen LogP contribution in [0.1, 0.15) is 24.7 Å². The van der Waals surface area contributed by atoms with Crippen molar-refractivity contribution in [2.24, 2.45) is 0 Å². The molecule has 0 radical (unpaired) electrons. The number of H-pyrrole nitrogens is 1. The van der Waals surface area contributed by atoms with Gasteiger partial charge in [0.25, 0.3) is 5.56 Å². The van der Waals surface area contributed by atoms with E-state index in [9.17, 15) is 9.59 Å². The van der Waals surface area contributed by atoms with Crippen LogP contribution in [0.4, 0.5) is 5.13 Å². The largest absolute Gasteiger partial charge is 0.310 e. The Labute approximate surface area is 171 Å². The molecule has 4 rings (SSSR count). The second-order valence-corrected chi connectivity index (χ2v) is 7.52. The van der Waals surface area contributed by atoms with Crippen molar-refractivity contribution in [2.45, 2.75) is 26.2 Å². The molecular formula is C22H20N4O2S. The summed E-state index contributed by atoms with van der Waals surface area (Å²) in [5, 5.41) is 5.86. The predicted octanol–water partition coefficient (Wildman–Crippen LogP) is 4.18. The molecular weight excluding hydrogens is 384 g/mol. The van der Waals surface area contributed by atoms with Gasteiger partial charge < -0.3 is 10.3 Å². The molecule has 0 saturated carbocycles. The molecule has 0 spiro atoms. The number of thiazole rings is 1. The van der Waals surface area contributed by atoms with E-state index in [1.807, 2.05) is 23.6 Å². The number of hydrogen-bond donors (Lipinski definition) is 2. The Morgan fingerprint density at radius 3 is 2.69 bits per heavy atom. The zero-order valence-corrected chi connectivity index (χ0v) is 16.8. The number of amides is 1. The van der Waals surface area contributed by atoms with Crippen molar-refractivity contribution in [3.05, 3.63) is 75.7 Å². The molecule has 0 saturated heterocycles. The number of fused-ring (bicyclic) bond motifs is 1. The standard InChI is InChI=1S/C22H20N4O2S/c1-2-14-7-9-15(10-8-14)18-13-29-22(24-18)26-20(27)12-11-19-23-17-6-4-3-5-16(17)21(28)25-19/h3-10,13H,2,11-12H2,1H3,(H,23,25,28)(H,24,26,27). The average molecular weight is 404 g/mol. The van der Waals surface area contributed by atoms with E-state index >= 15 is 0 Å². The number of rotatable bonds is 6. The maximum absolute atomic E-state index is 12.3.